The second-order valence-electron chi connectivity index (χ2n) is 7.33. The quantitative estimate of drug-likeness (QED) is 0.709. The summed E-state index contributed by atoms with van der Waals surface area (Å²) < 4.78 is 11.1. The van der Waals surface area contributed by atoms with Gasteiger partial charge in [0.15, 0.2) is 0 Å². The van der Waals surface area contributed by atoms with Gasteiger partial charge in [0.1, 0.15) is 11.5 Å². The van der Waals surface area contributed by atoms with Gasteiger partial charge in [0.2, 0.25) is 0 Å². The molecule has 26 heavy (non-hydrogen) atoms. The maximum atomic E-state index is 9.41. The largest absolute Gasteiger partial charge is 0.497 e. The zero-order valence-corrected chi connectivity index (χ0v) is 15.5. The van der Waals surface area contributed by atoms with Crippen LogP contribution in [0.4, 0.5) is 0 Å². The average molecular weight is 355 g/mol. The molecule has 2 aromatic carbocycles. The molecule has 4 nitrogen and oxygen atoms in total. The van der Waals surface area contributed by atoms with Gasteiger partial charge in [-0.05, 0) is 73.4 Å². The number of aliphatic hydroxyl groups excluding tert-OH is 1. The van der Waals surface area contributed by atoms with Crippen LogP contribution in [0.25, 0.3) is 0 Å². The van der Waals surface area contributed by atoms with Crippen LogP contribution in [-0.2, 0) is 6.42 Å². The lowest BCUT2D eigenvalue weighted by Crippen LogP contribution is -2.40. The van der Waals surface area contributed by atoms with Gasteiger partial charge in [-0.3, -0.25) is 0 Å². The van der Waals surface area contributed by atoms with Crippen LogP contribution in [0.15, 0.2) is 48.5 Å². The Hall–Kier alpha value is -2.04. The number of ether oxygens (including phenoxy) is 2. The van der Waals surface area contributed by atoms with E-state index in [1.54, 1.807) is 7.11 Å². The molecule has 0 heterocycles. The van der Waals surface area contributed by atoms with Crippen LogP contribution in [0.3, 0.4) is 0 Å². The van der Waals surface area contributed by atoms with Gasteiger partial charge in [-0.15, -0.1) is 0 Å². The monoisotopic (exact) mass is 355 g/mol. The second kappa shape index (κ2) is 8.56. The van der Waals surface area contributed by atoms with E-state index in [0.717, 1.165) is 43.6 Å². The smallest absolute Gasteiger partial charge is 0.119 e. The summed E-state index contributed by atoms with van der Waals surface area (Å²) in [5, 5.41) is 9.41. The third-order valence-corrected chi connectivity index (χ3v) is 5.32. The van der Waals surface area contributed by atoms with Crippen molar-refractivity contribution < 1.29 is 14.6 Å². The van der Waals surface area contributed by atoms with E-state index in [9.17, 15) is 5.11 Å². The van der Waals surface area contributed by atoms with E-state index >= 15 is 0 Å². The molecule has 1 aliphatic carbocycles. The van der Waals surface area contributed by atoms with Crippen molar-refractivity contribution in [2.24, 2.45) is 5.73 Å². The van der Waals surface area contributed by atoms with E-state index in [2.05, 4.69) is 24.3 Å². The van der Waals surface area contributed by atoms with Crippen molar-refractivity contribution in [2.75, 3.05) is 20.3 Å². The summed E-state index contributed by atoms with van der Waals surface area (Å²) >= 11 is 0. The molecule has 0 radical (unpaired) electrons. The van der Waals surface area contributed by atoms with E-state index in [4.69, 9.17) is 15.2 Å². The third kappa shape index (κ3) is 4.77. The molecule has 1 saturated carbocycles. The highest BCUT2D eigenvalue weighted by atomic mass is 16.5. The van der Waals surface area contributed by atoms with Gasteiger partial charge in [-0.1, -0.05) is 24.3 Å². The molecule has 2 atom stereocenters. The number of rotatable bonds is 8. The molecule has 3 rings (SSSR count). The molecule has 0 aromatic heterocycles. The summed E-state index contributed by atoms with van der Waals surface area (Å²) in [6, 6.07) is 16.5. The fourth-order valence-electron chi connectivity index (χ4n) is 3.72. The molecule has 3 N–H and O–H groups in total. The van der Waals surface area contributed by atoms with E-state index in [-0.39, 0.29) is 6.61 Å². The topological polar surface area (TPSA) is 64.7 Å². The fourth-order valence-corrected chi connectivity index (χ4v) is 3.72. The Balaban J connectivity index is 1.44. The van der Waals surface area contributed by atoms with Crippen molar-refractivity contribution >= 4 is 0 Å². The predicted molar refractivity (Wildman–Crippen MR) is 104 cm³/mol. The minimum atomic E-state index is -0.403. The van der Waals surface area contributed by atoms with Crippen LogP contribution < -0.4 is 15.2 Å². The van der Waals surface area contributed by atoms with Crippen molar-refractivity contribution in [3.05, 3.63) is 59.7 Å². The molecule has 1 aliphatic rings. The number of hydrogen-bond acceptors (Lipinski definition) is 4. The normalized spacial score (nSPS) is 22.3. The molecule has 0 amide bonds. The van der Waals surface area contributed by atoms with Crippen molar-refractivity contribution in [2.45, 2.75) is 43.6 Å². The minimum Gasteiger partial charge on any atom is -0.497 e. The number of benzene rings is 2. The molecule has 4 heteroatoms. The summed E-state index contributed by atoms with van der Waals surface area (Å²) in [5.41, 5.74) is 8.33. The molecule has 2 aromatic rings. The first-order chi connectivity index (χ1) is 12.6. The van der Waals surface area contributed by atoms with Crippen molar-refractivity contribution in [1.29, 1.82) is 0 Å². The minimum absolute atomic E-state index is 0.0674. The zero-order valence-electron chi connectivity index (χ0n) is 15.5. The summed E-state index contributed by atoms with van der Waals surface area (Å²) in [6.45, 7) is 0.758. The molecule has 1 fully saturated rings. The maximum Gasteiger partial charge on any atom is 0.119 e. The maximum absolute atomic E-state index is 9.41. The zero-order chi connectivity index (χ0) is 18.4. The van der Waals surface area contributed by atoms with Crippen molar-refractivity contribution in [3.63, 3.8) is 0 Å². The number of methoxy groups -OCH3 is 1. The van der Waals surface area contributed by atoms with Crippen molar-refractivity contribution in [1.82, 2.24) is 0 Å². The van der Waals surface area contributed by atoms with Gasteiger partial charge in [-0.2, -0.15) is 0 Å². The van der Waals surface area contributed by atoms with Gasteiger partial charge >= 0.3 is 0 Å². The summed E-state index contributed by atoms with van der Waals surface area (Å²) in [5.74, 6) is 2.24. The van der Waals surface area contributed by atoms with Crippen LogP contribution >= 0.6 is 0 Å². The van der Waals surface area contributed by atoms with Crippen LogP contribution in [0.1, 0.15) is 42.7 Å². The lowest BCUT2D eigenvalue weighted by atomic mass is 9.94. The Morgan fingerprint density at radius 1 is 1.15 bits per heavy atom. The molecular weight excluding hydrogens is 326 g/mol. The molecule has 0 unspecified atom stereocenters. The Morgan fingerprint density at radius 3 is 2.65 bits per heavy atom. The average Bonchev–Trinajstić information content (AvgIpc) is 3.09. The number of aliphatic hydroxyl groups is 1. The first-order valence-electron chi connectivity index (χ1n) is 9.37. The summed E-state index contributed by atoms with van der Waals surface area (Å²) in [4.78, 5) is 0. The predicted octanol–water partition coefficient (Wildman–Crippen LogP) is 3.66. The molecule has 0 saturated heterocycles. The SMILES string of the molecule is COc1cccc(CCCOc2ccc([C@@H]3CC[C@](N)(CO)C3)cc2)c1. The van der Waals surface area contributed by atoms with Gasteiger partial charge in [0.25, 0.3) is 0 Å². The van der Waals surface area contributed by atoms with Gasteiger partial charge in [-0.25, -0.2) is 0 Å². The van der Waals surface area contributed by atoms with Gasteiger partial charge in [0.05, 0.1) is 20.3 Å². The Bertz CT molecular complexity index is 701. The van der Waals surface area contributed by atoms with Crippen LogP contribution in [0, 0.1) is 0 Å². The highest BCUT2D eigenvalue weighted by Gasteiger charge is 2.35. The lowest BCUT2D eigenvalue weighted by molar-refractivity contribution is 0.198. The first kappa shape index (κ1) is 18.7. The highest BCUT2D eigenvalue weighted by Crippen LogP contribution is 2.39. The Morgan fingerprint density at radius 2 is 1.96 bits per heavy atom. The van der Waals surface area contributed by atoms with E-state index in [1.165, 1.54) is 11.1 Å². The lowest BCUT2D eigenvalue weighted by Gasteiger charge is -2.21. The molecular formula is C22H29NO3. The van der Waals surface area contributed by atoms with E-state index < -0.39 is 5.54 Å². The number of nitrogens with two attached hydrogens (primary N) is 1. The standard InChI is InChI=1S/C22H29NO3/c1-25-21-6-2-4-17(14-21)5-3-13-26-20-9-7-18(8-10-20)19-11-12-22(23,15-19)16-24/h2,4,6-10,14,19,24H,3,5,11-13,15-16,23H2,1H3/t19-,22-/m1/s1. The first-order valence-corrected chi connectivity index (χ1v) is 9.37. The van der Waals surface area contributed by atoms with E-state index in [1.807, 2.05) is 24.3 Å². The summed E-state index contributed by atoms with van der Waals surface area (Å²) in [7, 11) is 1.69. The van der Waals surface area contributed by atoms with E-state index in [0.29, 0.717) is 12.5 Å². The second-order valence-corrected chi connectivity index (χ2v) is 7.33. The van der Waals surface area contributed by atoms with Crippen LogP contribution in [0.5, 0.6) is 11.5 Å². The summed E-state index contributed by atoms with van der Waals surface area (Å²) in [6.07, 6.45) is 4.71. The van der Waals surface area contributed by atoms with Crippen LogP contribution in [0.2, 0.25) is 0 Å². The van der Waals surface area contributed by atoms with Gasteiger partial charge < -0.3 is 20.3 Å². The Labute approximate surface area is 155 Å². The fraction of sp³-hybridized carbons (Fsp3) is 0.455. The number of hydrogen-bond donors (Lipinski definition) is 2. The molecule has 0 bridgehead atoms. The molecule has 140 valence electrons. The third-order valence-electron chi connectivity index (χ3n) is 5.32. The highest BCUT2D eigenvalue weighted by molar-refractivity contribution is 5.31. The molecule has 0 spiro atoms. The molecule has 0 aliphatic heterocycles. The number of aryl methyl sites for hydroxylation is 1. The van der Waals surface area contributed by atoms with Gasteiger partial charge in [0, 0.05) is 5.54 Å². The van der Waals surface area contributed by atoms with Crippen LogP contribution in [-0.4, -0.2) is 31.0 Å². The Kier molecular flexibility index (Phi) is 6.17. The van der Waals surface area contributed by atoms with Crippen molar-refractivity contribution in [3.8, 4) is 11.5 Å².